The van der Waals surface area contributed by atoms with Gasteiger partial charge in [0.15, 0.2) is 0 Å². The van der Waals surface area contributed by atoms with Gasteiger partial charge in [-0.2, -0.15) is 16.4 Å². The molecule has 17 heavy (non-hydrogen) atoms. The molecule has 2 heterocycles. The SMILES string of the molecule is Cc1nn(CCO)c(NCc2ccsc2)c1C. The molecule has 2 aromatic rings. The lowest BCUT2D eigenvalue weighted by Gasteiger charge is -2.09. The van der Waals surface area contributed by atoms with Crippen LogP contribution in [0, 0.1) is 13.8 Å². The van der Waals surface area contributed by atoms with Gasteiger partial charge in [-0.15, -0.1) is 0 Å². The number of hydrogen-bond acceptors (Lipinski definition) is 4. The number of aliphatic hydroxyl groups is 1. The summed E-state index contributed by atoms with van der Waals surface area (Å²) in [5.74, 6) is 1.00. The van der Waals surface area contributed by atoms with Crippen LogP contribution >= 0.6 is 11.3 Å². The summed E-state index contributed by atoms with van der Waals surface area (Å²) in [6.07, 6.45) is 0. The molecular weight excluding hydrogens is 234 g/mol. The first kappa shape index (κ1) is 12.1. The minimum atomic E-state index is 0.105. The Hall–Kier alpha value is -1.33. The number of nitrogens with zero attached hydrogens (tertiary/aromatic N) is 2. The zero-order chi connectivity index (χ0) is 12.3. The maximum absolute atomic E-state index is 9.01. The minimum Gasteiger partial charge on any atom is -0.394 e. The van der Waals surface area contributed by atoms with Crippen LogP contribution in [-0.4, -0.2) is 21.5 Å². The van der Waals surface area contributed by atoms with E-state index >= 15 is 0 Å². The van der Waals surface area contributed by atoms with Crippen LogP contribution in [0.2, 0.25) is 0 Å². The van der Waals surface area contributed by atoms with E-state index < -0.39 is 0 Å². The molecule has 0 aromatic carbocycles. The van der Waals surface area contributed by atoms with Crippen molar-refractivity contribution < 1.29 is 5.11 Å². The lowest BCUT2D eigenvalue weighted by Crippen LogP contribution is -2.10. The molecule has 0 fully saturated rings. The van der Waals surface area contributed by atoms with Gasteiger partial charge >= 0.3 is 0 Å². The van der Waals surface area contributed by atoms with Crippen LogP contribution in [0.5, 0.6) is 0 Å². The monoisotopic (exact) mass is 251 g/mol. The highest BCUT2D eigenvalue weighted by molar-refractivity contribution is 7.07. The number of nitrogens with one attached hydrogen (secondary N) is 1. The second-order valence-electron chi connectivity index (χ2n) is 3.99. The average Bonchev–Trinajstić information content (AvgIpc) is 2.89. The summed E-state index contributed by atoms with van der Waals surface area (Å²) in [6, 6.07) is 2.10. The molecule has 2 N–H and O–H groups in total. The van der Waals surface area contributed by atoms with Crippen molar-refractivity contribution in [3.63, 3.8) is 0 Å². The summed E-state index contributed by atoms with van der Waals surface area (Å²) < 4.78 is 1.83. The molecule has 0 spiro atoms. The van der Waals surface area contributed by atoms with Crippen LogP contribution in [-0.2, 0) is 13.1 Å². The standard InChI is InChI=1S/C12H17N3OS/c1-9-10(2)14-15(4-5-16)12(9)13-7-11-3-6-17-8-11/h3,6,8,13,16H,4-5,7H2,1-2H3. The third-order valence-corrected chi connectivity index (χ3v) is 3.51. The summed E-state index contributed by atoms with van der Waals surface area (Å²) in [6.45, 7) is 5.46. The molecule has 0 amide bonds. The van der Waals surface area contributed by atoms with Crippen LogP contribution < -0.4 is 5.32 Å². The molecule has 0 saturated heterocycles. The molecule has 0 saturated carbocycles. The third kappa shape index (κ3) is 2.68. The summed E-state index contributed by atoms with van der Waals surface area (Å²) in [4.78, 5) is 0. The van der Waals surface area contributed by atoms with Gasteiger partial charge in [0, 0.05) is 12.1 Å². The van der Waals surface area contributed by atoms with E-state index in [1.165, 1.54) is 5.56 Å². The Morgan fingerprint density at radius 1 is 1.47 bits per heavy atom. The normalized spacial score (nSPS) is 10.8. The first-order valence-electron chi connectivity index (χ1n) is 5.62. The predicted molar refractivity (Wildman–Crippen MR) is 70.4 cm³/mol. The van der Waals surface area contributed by atoms with Crippen LogP contribution in [0.3, 0.4) is 0 Å². The van der Waals surface area contributed by atoms with Crippen molar-refractivity contribution in [3.8, 4) is 0 Å². The molecule has 4 nitrogen and oxygen atoms in total. The fraction of sp³-hybridized carbons (Fsp3) is 0.417. The second-order valence-corrected chi connectivity index (χ2v) is 4.77. The Morgan fingerprint density at radius 2 is 2.29 bits per heavy atom. The minimum absolute atomic E-state index is 0.105. The predicted octanol–water partition coefficient (Wildman–Crippen LogP) is 2.17. The van der Waals surface area contributed by atoms with E-state index in [4.69, 9.17) is 5.11 Å². The van der Waals surface area contributed by atoms with Gasteiger partial charge < -0.3 is 10.4 Å². The van der Waals surface area contributed by atoms with E-state index in [9.17, 15) is 0 Å². The van der Waals surface area contributed by atoms with Crippen molar-refractivity contribution >= 4 is 17.2 Å². The molecule has 2 aromatic heterocycles. The van der Waals surface area contributed by atoms with Crippen LogP contribution in [0.1, 0.15) is 16.8 Å². The van der Waals surface area contributed by atoms with Crippen molar-refractivity contribution in [3.05, 3.63) is 33.6 Å². The molecule has 0 unspecified atom stereocenters. The first-order valence-corrected chi connectivity index (χ1v) is 6.56. The first-order chi connectivity index (χ1) is 8.22. The van der Waals surface area contributed by atoms with Gasteiger partial charge in [-0.05, 0) is 36.2 Å². The quantitative estimate of drug-likeness (QED) is 0.856. The molecule has 0 atom stereocenters. The van der Waals surface area contributed by atoms with Gasteiger partial charge in [-0.25, -0.2) is 4.68 Å². The van der Waals surface area contributed by atoms with Gasteiger partial charge in [-0.3, -0.25) is 0 Å². The highest BCUT2D eigenvalue weighted by atomic mass is 32.1. The highest BCUT2D eigenvalue weighted by Crippen LogP contribution is 2.19. The van der Waals surface area contributed by atoms with Crippen LogP contribution in [0.15, 0.2) is 16.8 Å². The number of rotatable bonds is 5. The number of aliphatic hydroxyl groups excluding tert-OH is 1. The van der Waals surface area contributed by atoms with Crippen molar-refractivity contribution in [1.29, 1.82) is 0 Å². The fourth-order valence-corrected chi connectivity index (χ4v) is 2.40. The van der Waals surface area contributed by atoms with Crippen LogP contribution in [0.25, 0.3) is 0 Å². The fourth-order valence-electron chi connectivity index (χ4n) is 1.73. The van der Waals surface area contributed by atoms with Gasteiger partial charge in [-0.1, -0.05) is 0 Å². The van der Waals surface area contributed by atoms with Crippen molar-refractivity contribution in [2.24, 2.45) is 0 Å². The average molecular weight is 251 g/mol. The Morgan fingerprint density at radius 3 is 2.94 bits per heavy atom. The molecule has 0 aliphatic heterocycles. The summed E-state index contributed by atoms with van der Waals surface area (Å²) in [5.41, 5.74) is 3.42. The molecule has 0 aliphatic carbocycles. The number of hydrogen-bond donors (Lipinski definition) is 2. The second kappa shape index (κ2) is 5.33. The van der Waals surface area contributed by atoms with E-state index in [0.717, 1.165) is 23.6 Å². The third-order valence-electron chi connectivity index (χ3n) is 2.78. The molecular formula is C12H17N3OS. The molecule has 5 heteroatoms. The van der Waals surface area contributed by atoms with E-state index in [2.05, 4.69) is 27.2 Å². The molecule has 2 rings (SSSR count). The Bertz CT molecular complexity index is 476. The molecule has 0 aliphatic rings. The Balaban J connectivity index is 2.13. The topological polar surface area (TPSA) is 50.1 Å². The van der Waals surface area contributed by atoms with Crippen LogP contribution in [0.4, 0.5) is 5.82 Å². The van der Waals surface area contributed by atoms with E-state index in [1.807, 2.05) is 18.5 Å². The van der Waals surface area contributed by atoms with E-state index in [1.54, 1.807) is 11.3 Å². The van der Waals surface area contributed by atoms with E-state index in [-0.39, 0.29) is 6.61 Å². The summed E-state index contributed by atoms with van der Waals surface area (Å²) in [7, 11) is 0. The lowest BCUT2D eigenvalue weighted by atomic mass is 10.2. The molecule has 0 bridgehead atoms. The molecule has 92 valence electrons. The van der Waals surface area contributed by atoms with Gasteiger partial charge in [0.05, 0.1) is 18.8 Å². The lowest BCUT2D eigenvalue weighted by molar-refractivity contribution is 0.270. The maximum atomic E-state index is 9.01. The Kier molecular flexibility index (Phi) is 3.81. The number of aromatic nitrogens is 2. The maximum Gasteiger partial charge on any atom is 0.127 e. The smallest absolute Gasteiger partial charge is 0.127 e. The van der Waals surface area contributed by atoms with Crippen molar-refractivity contribution in [1.82, 2.24) is 9.78 Å². The molecule has 0 radical (unpaired) electrons. The summed E-state index contributed by atoms with van der Waals surface area (Å²) in [5, 5.41) is 21.0. The van der Waals surface area contributed by atoms with Gasteiger partial charge in [0.25, 0.3) is 0 Å². The largest absolute Gasteiger partial charge is 0.394 e. The number of anilines is 1. The Labute approximate surface area is 105 Å². The summed E-state index contributed by atoms with van der Waals surface area (Å²) >= 11 is 1.70. The zero-order valence-corrected chi connectivity index (χ0v) is 10.9. The van der Waals surface area contributed by atoms with E-state index in [0.29, 0.717) is 6.54 Å². The number of aryl methyl sites for hydroxylation is 1. The number of thiophene rings is 1. The van der Waals surface area contributed by atoms with Gasteiger partial charge in [0.1, 0.15) is 5.82 Å². The highest BCUT2D eigenvalue weighted by Gasteiger charge is 2.10. The van der Waals surface area contributed by atoms with Crippen molar-refractivity contribution in [2.45, 2.75) is 26.9 Å². The van der Waals surface area contributed by atoms with Crippen molar-refractivity contribution in [2.75, 3.05) is 11.9 Å². The zero-order valence-electron chi connectivity index (χ0n) is 10.1. The van der Waals surface area contributed by atoms with Gasteiger partial charge in [0.2, 0.25) is 0 Å².